The summed E-state index contributed by atoms with van der Waals surface area (Å²) in [5.41, 5.74) is 5.40. The third kappa shape index (κ3) is 5.35. The van der Waals surface area contributed by atoms with Gasteiger partial charge in [0.2, 0.25) is 0 Å². The number of carbonyl (C=O) groups is 1. The first-order valence-corrected chi connectivity index (χ1v) is 13.6. The molecule has 5 rings (SSSR count). The molecule has 1 aliphatic heterocycles. The topological polar surface area (TPSA) is 79.1 Å². The van der Waals surface area contributed by atoms with Crippen LogP contribution < -0.4 is 24.4 Å². The first-order valence-electron chi connectivity index (χ1n) is 12.8. The molecule has 1 aromatic heterocycles. The summed E-state index contributed by atoms with van der Waals surface area (Å²) in [5.74, 6) is 0.981. The van der Waals surface area contributed by atoms with Gasteiger partial charge in [0.15, 0.2) is 4.80 Å². The normalized spacial score (nSPS) is 14.9. The van der Waals surface area contributed by atoms with Crippen LogP contribution in [0.2, 0.25) is 0 Å². The monoisotopic (exact) mass is 554 g/mol. The van der Waals surface area contributed by atoms with Crippen molar-refractivity contribution in [2.45, 2.75) is 33.4 Å². The molecule has 0 bridgehead atoms. The number of fused-ring (bicyclic) bond motifs is 1. The lowest BCUT2D eigenvalue weighted by Crippen LogP contribution is -2.39. The van der Waals surface area contributed by atoms with Crippen LogP contribution in [-0.4, -0.2) is 24.8 Å². The average molecular weight is 555 g/mol. The van der Waals surface area contributed by atoms with E-state index in [2.05, 4.69) is 11.1 Å². The first-order chi connectivity index (χ1) is 19.3. The molecule has 0 saturated heterocycles. The van der Waals surface area contributed by atoms with E-state index in [-0.39, 0.29) is 5.56 Å². The summed E-state index contributed by atoms with van der Waals surface area (Å²) >= 11 is 1.29. The Balaban J connectivity index is 1.56. The lowest BCUT2D eigenvalue weighted by atomic mass is 9.96. The van der Waals surface area contributed by atoms with Crippen molar-refractivity contribution in [3.63, 3.8) is 0 Å². The summed E-state index contributed by atoms with van der Waals surface area (Å²) < 4.78 is 18.8. The van der Waals surface area contributed by atoms with Crippen LogP contribution in [0.4, 0.5) is 0 Å². The minimum absolute atomic E-state index is 0.227. The van der Waals surface area contributed by atoms with Crippen molar-refractivity contribution in [3.05, 3.63) is 126 Å². The second-order valence-corrected chi connectivity index (χ2v) is 10.7. The van der Waals surface area contributed by atoms with E-state index in [4.69, 9.17) is 14.2 Å². The number of ether oxygens (including phenoxy) is 3. The van der Waals surface area contributed by atoms with Gasteiger partial charge < -0.3 is 14.2 Å². The van der Waals surface area contributed by atoms with Crippen molar-refractivity contribution in [2.75, 3.05) is 14.2 Å². The predicted octanol–water partition coefficient (Wildman–Crippen LogP) is 4.61. The molecule has 7 nitrogen and oxygen atoms in total. The lowest BCUT2D eigenvalue weighted by molar-refractivity contribution is -0.136. The van der Waals surface area contributed by atoms with E-state index < -0.39 is 12.0 Å². The van der Waals surface area contributed by atoms with Gasteiger partial charge in [0.05, 0.1) is 36.1 Å². The Morgan fingerprint density at radius 1 is 1.00 bits per heavy atom. The van der Waals surface area contributed by atoms with Gasteiger partial charge in [0, 0.05) is 5.56 Å². The Bertz CT molecular complexity index is 1780. The molecule has 1 unspecified atom stereocenters. The quantitative estimate of drug-likeness (QED) is 0.312. The van der Waals surface area contributed by atoms with Crippen LogP contribution in [0.3, 0.4) is 0 Å². The van der Waals surface area contributed by atoms with Gasteiger partial charge in [-0.25, -0.2) is 9.79 Å². The number of aromatic nitrogens is 1. The van der Waals surface area contributed by atoms with E-state index in [1.165, 1.54) is 18.4 Å². The summed E-state index contributed by atoms with van der Waals surface area (Å²) in [6.07, 6.45) is 1.84. The number of hydrogen-bond acceptors (Lipinski definition) is 7. The van der Waals surface area contributed by atoms with Gasteiger partial charge >= 0.3 is 5.97 Å². The molecule has 0 aliphatic carbocycles. The van der Waals surface area contributed by atoms with Crippen molar-refractivity contribution in [1.82, 2.24) is 4.57 Å². The van der Waals surface area contributed by atoms with Crippen LogP contribution in [0.15, 0.2) is 87.8 Å². The molecule has 0 N–H and O–H groups in total. The van der Waals surface area contributed by atoms with Crippen molar-refractivity contribution < 1.29 is 19.0 Å². The van der Waals surface area contributed by atoms with E-state index in [1.54, 1.807) is 18.6 Å². The second kappa shape index (κ2) is 11.4. The van der Waals surface area contributed by atoms with Crippen molar-refractivity contribution in [2.24, 2.45) is 4.99 Å². The third-order valence-electron chi connectivity index (χ3n) is 6.73. The van der Waals surface area contributed by atoms with Gasteiger partial charge in [0.1, 0.15) is 18.1 Å². The fourth-order valence-electron chi connectivity index (χ4n) is 4.97. The Labute approximate surface area is 236 Å². The number of benzene rings is 3. The smallest absolute Gasteiger partial charge is 0.338 e. The molecular weight excluding hydrogens is 524 g/mol. The second-order valence-electron chi connectivity index (χ2n) is 9.67. The first kappa shape index (κ1) is 27.1. The van der Waals surface area contributed by atoms with E-state index in [9.17, 15) is 9.59 Å². The third-order valence-corrected chi connectivity index (χ3v) is 7.72. The zero-order chi connectivity index (χ0) is 28.4. The maximum absolute atomic E-state index is 13.8. The maximum Gasteiger partial charge on any atom is 0.338 e. The number of esters is 1. The van der Waals surface area contributed by atoms with Crippen molar-refractivity contribution in [1.29, 1.82) is 0 Å². The highest BCUT2D eigenvalue weighted by Crippen LogP contribution is 2.30. The van der Waals surface area contributed by atoms with Crippen LogP contribution in [0.1, 0.15) is 40.8 Å². The molecule has 0 spiro atoms. The highest BCUT2D eigenvalue weighted by molar-refractivity contribution is 7.07. The minimum atomic E-state index is -0.635. The molecule has 0 fully saturated rings. The highest BCUT2D eigenvalue weighted by Gasteiger charge is 2.32. The largest absolute Gasteiger partial charge is 0.496 e. The van der Waals surface area contributed by atoms with Gasteiger partial charge in [-0.1, -0.05) is 53.8 Å². The molecular formula is C32H30N2O5S. The van der Waals surface area contributed by atoms with E-state index >= 15 is 0 Å². The SMILES string of the molecule is COC(=O)C1=C(C)N=c2s/c(=C/c3ccc(OC)c(COc4cc(C)cc(C)c4)c3)c(=O)n2C1c1ccccc1. The Morgan fingerprint density at radius 3 is 2.40 bits per heavy atom. The molecule has 1 aliphatic rings. The average Bonchev–Trinajstić information content (AvgIpc) is 3.24. The predicted molar refractivity (Wildman–Crippen MR) is 155 cm³/mol. The van der Waals surface area contributed by atoms with Crippen LogP contribution in [0.5, 0.6) is 11.5 Å². The number of methoxy groups -OCH3 is 2. The molecule has 4 aromatic rings. The number of aryl methyl sites for hydroxylation is 2. The molecule has 0 saturated carbocycles. The van der Waals surface area contributed by atoms with Gasteiger partial charge in [0.25, 0.3) is 5.56 Å². The number of rotatable bonds is 7. The molecule has 40 heavy (non-hydrogen) atoms. The molecule has 2 heterocycles. The summed E-state index contributed by atoms with van der Waals surface area (Å²) in [6.45, 7) is 6.15. The zero-order valence-electron chi connectivity index (χ0n) is 23.1. The van der Waals surface area contributed by atoms with Gasteiger partial charge in [-0.2, -0.15) is 0 Å². The van der Waals surface area contributed by atoms with Gasteiger partial charge in [-0.05, 0) is 73.4 Å². The number of nitrogens with zero attached hydrogens (tertiary/aromatic N) is 2. The molecule has 8 heteroatoms. The Hall–Kier alpha value is -4.43. The standard InChI is InChI=1S/C32H30N2O5S/c1-19-13-20(2)15-25(14-19)39-18-24-16-22(11-12-26(24)37-4)17-27-30(35)34-29(23-9-7-6-8-10-23)28(31(36)38-5)21(3)33-32(34)40-27/h6-17,29H,18H2,1-5H3/b27-17+. The summed E-state index contributed by atoms with van der Waals surface area (Å²) in [7, 11) is 2.96. The number of hydrogen-bond donors (Lipinski definition) is 0. The van der Waals surface area contributed by atoms with Crippen molar-refractivity contribution >= 4 is 23.4 Å². The summed E-state index contributed by atoms with van der Waals surface area (Å²) in [6, 6.07) is 20.6. The number of carbonyl (C=O) groups excluding carboxylic acids is 1. The van der Waals surface area contributed by atoms with Crippen LogP contribution in [0, 0.1) is 13.8 Å². The van der Waals surface area contributed by atoms with Crippen molar-refractivity contribution in [3.8, 4) is 11.5 Å². The van der Waals surface area contributed by atoms with E-state index in [1.807, 2.05) is 80.6 Å². The lowest BCUT2D eigenvalue weighted by Gasteiger charge is -2.24. The number of thiazole rings is 1. The van der Waals surface area contributed by atoms with Crippen LogP contribution in [0.25, 0.3) is 6.08 Å². The Kier molecular flexibility index (Phi) is 7.71. The fraction of sp³-hybridized carbons (Fsp3) is 0.219. The van der Waals surface area contributed by atoms with Gasteiger partial charge in [-0.3, -0.25) is 9.36 Å². The van der Waals surface area contributed by atoms with Gasteiger partial charge in [-0.15, -0.1) is 0 Å². The maximum atomic E-state index is 13.8. The molecule has 0 radical (unpaired) electrons. The van der Waals surface area contributed by atoms with E-state index in [0.29, 0.717) is 33.0 Å². The molecule has 0 amide bonds. The fourth-order valence-corrected chi connectivity index (χ4v) is 6.02. The van der Waals surface area contributed by atoms with E-state index in [0.717, 1.165) is 33.6 Å². The number of allylic oxidation sites excluding steroid dienone is 1. The highest BCUT2D eigenvalue weighted by atomic mass is 32.1. The minimum Gasteiger partial charge on any atom is -0.496 e. The zero-order valence-corrected chi connectivity index (χ0v) is 23.9. The van der Waals surface area contributed by atoms with Crippen LogP contribution in [-0.2, 0) is 16.1 Å². The molecule has 3 aromatic carbocycles. The molecule has 204 valence electrons. The summed E-state index contributed by atoms with van der Waals surface area (Å²) in [5, 5.41) is 0. The van der Waals surface area contributed by atoms with Crippen LogP contribution >= 0.6 is 11.3 Å². The molecule has 1 atom stereocenters. The summed E-state index contributed by atoms with van der Waals surface area (Å²) in [4.78, 5) is 31.7. The Morgan fingerprint density at radius 2 is 1.73 bits per heavy atom.